The zero-order chi connectivity index (χ0) is 17.2. The lowest BCUT2D eigenvalue weighted by molar-refractivity contribution is -0.137. The van der Waals surface area contributed by atoms with Crippen LogP contribution in [0, 0.1) is 0 Å². The maximum atomic E-state index is 12.8. The van der Waals surface area contributed by atoms with Gasteiger partial charge in [-0.15, -0.1) is 0 Å². The number of pyridine rings is 1. The molecule has 1 aliphatic rings. The van der Waals surface area contributed by atoms with Gasteiger partial charge in [-0.05, 0) is 42.7 Å². The van der Waals surface area contributed by atoms with Crippen molar-refractivity contribution in [1.29, 1.82) is 0 Å². The zero-order valence-corrected chi connectivity index (χ0v) is 13.0. The summed E-state index contributed by atoms with van der Waals surface area (Å²) in [6.45, 7) is 0.899. The van der Waals surface area contributed by atoms with Crippen molar-refractivity contribution in [3.05, 3.63) is 65.5 Å². The Balaban J connectivity index is 2.00. The van der Waals surface area contributed by atoms with Gasteiger partial charge in [0.2, 0.25) is 0 Å². The van der Waals surface area contributed by atoms with E-state index in [9.17, 15) is 18.3 Å². The number of rotatable bonds is 3. The van der Waals surface area contributed by atoms with E-state index in [0.29, 0.717) is 37.3 Å². The Morgan fingerprint density at radius 3 is 2.25 bits per heavy atom. The summed E-state index contributed by atoms with van der Waals surface area (Å²) < 4.78 is 43.8. The second kappa shape index (κ2) is 6.53. The summed E-state index contributed by atoms with van der Waals surface area (Å²) in [5.41, 5.74) is -0.200. The molecule has 1 unspecified atom stereocenters. The molecule has 0 aliphatic carbocycles. The molecule has 1 saturated heterocycles. The van der Waals surface area contributed by atoms with Crippen LogP contribution in [0.15, 0.2) is 48.7 Å². The molecule has 0 bridgehead atoms. The lowest BCUT2D eigenvalue weighted by Gasteiger charge is -2.41. The number of benzene rings is 1. The van der Waals surface area contributed by atoms with Crippen molar-refractivity contribution < 1.29 is 23.0 Å². The minimum Gasteiger partial charge on any atom is -0.386 e. The number of aliphatic hydroxyl groups is 1. The molecule has 2 aromatic rings. The molecule has 2 heterocycles. The van der Waals surface area contributed by atoms with Gasteiger partial charge in [0.25, 0.3) is 0 Å². The molecule has 1 fully saturated rings. The zero-order valence-electron chi connectivity index (χ0n) is 13.0. The molecule has 0 radical (unpaired) electrons. The van der Waals surface area contributed by atoms with Crippen LogP contribution < -0.4 is 0 Å². The Bertz CT molecular complexity index is 665. The summed E-state index contributed by atoms with van der Waals surface area (Å²) in [5, 5.41) is 10.9. The highest BCUT2D eigenvalue weighted by atomic mass is 19.4. The average Bonchev–Trinajstić information content (AvgIpc) is 2.62. The Morgan fingerprint density at radius 2 is 1.71 bits per heavy atom. The molecule has 0 spiro atoms. The predicted octanol–water partition coefficient (Wildman–Crippen LogP) is 3.88. The highest BCUT2D eigenvalue weighted by Gasteiger charge is 2.43. The van der Waals surface area contributed by atoms with Crippen LogP contribution in [0.25, 0.3) is 0 Å². The van der Waals surface area contributed by atoms with E-state index in [-0.39, 0.29) is 0 Å². The number of hydrogen-bond acceptors (Lipinski definition) is 3. The molecule has 128 valence electrons. The maximum absolute atomic E-state index is 12.8. The van der Waals surface area contributed by atoms with Gasteiger partial charge in [0, 0.05) is 24.8 Å². The summed E-state index contributed by atoms with van der Waals surface area (Å²) in [6, 6.07) is 10.3. The topological polar surface area (TPSA) is 42.4 Å². The van der Waals surface area contributed by atoms with Crippen LogP contribution in [-0.2, 0) is 16.3 Å². The van der Waals surface area contributed by atoms with Crippen molar-refractivity contribution in [1.82, 2.24) is 4.98 Å². The molecule has 1 N–H and O–H groups in total. The van der Waals surface area contributed by atoms with Crippen LogP contribution in [0.3, 0.4) is 0 Å². The minimum atomic E-state index is -4.37. The van der Waals surface area contributed by atoms with Crippen LogP contribution in [0.4, 0.5) is 13.2 Å². The molecule has 1 aliphatic heterocycles. The Kier molecular flexibility index (Phi) is 4.60. The van der Waals surface area contributed by atoms with Crippen molar-refractivity contribution >= 4 is 0 Å². The summed E-state index contributed by atoms with van der Waals surface area (Å²) in [6.07, 6.45) is -2.63. The fraction of sp³-hybridized carbons (Fsp3) is 0.389. The molecule has 1 atom stereocenters. The molecule has 3 nitrogen and oxygen atoms in total. The number of nitrogens with zero attached hydrogens (tertiary/aromatic N) is 1. The third kappa shape index (κ3) is 3.16. The van der Waals surface area contributed by atoms with Crippen molar-refractivity contribution in [2.75, 3.05) is 13.2 Å². The van der Waals surface area contributed by atoms with E-state index in [4.69, 9.17) is 4.74 Å². The molecule has 6 heteroatoms. The van der Waals surface area contributed by atoms with E-state index in [1.54, 1.807) is 24.4 Å². The van der Waals surface area contributed by atoms with E-state index in [1.165, 1.54) is 12.1 Å². The molecule has 0 saturated carbocycles. The van der Waals surface area contributed by atoms with Gasteiger partial charge in [-0.1, -0.05) is 18.2 Å². The quantitative estimate of drug-likeness (QED) is 0.924. The van der Waals surface area contributed by atoms with Gasteiger partial charge in [-0.3, -0.25) is 4.98 Å². The third-order valence-corrected chi connectivity index (χ3v) is 4.66. The van der Waals surface area contributed by atoms with E-state index in [2.05, 4.69) is 4.98 Å². The monoisotopic (exact) mass is 337 g/mol. The van der Waals surface area contributed by atoms with E-state index in [0.717, 1.165) is 12.1 Å². The SMILES string of the molecule is OC(c1ccccn1)C1(c2ccc(C(F)(F)F)cc2)CCOCC1. The number of aromatic nitrogens is 1. The first-order valence-corrected chi connectivity index (χ1v) is 7.78. The molecule has 1 aromatic heterocycles. The Morgan fingerprint density at radius 1 is 1.04 bits per heavy atom. The van der Waals surface area contributed by atoms with Crippen molar-refractivity contribution in [2.45, 2.75) is 30.5 Å². The molecule has 24 heavy (non-hydrogen) atoms. The van der Waals surface area contributed by atoms with Crippen molar-refractivity contribution in [3.8, 4) is 0 Å². The van der Waals surface area contributed by atoms with Crippen molar-refractivity contribution in [3.63, 3.8) is 0 Å². The lowest BCUT2D eigenvalue weighted by atomic mass is 9.69. The average molecular weight is 337 g/mol. The number of aliphatic hydroxyl groups excluding tert-OH is 1. The fourth-order valence-corrected chi connectivity index (χ4v) is 3.27. The molecule has 1 aromatic carbocycles. The van der Waals surface area contributed by atoms with Crippen LogP contribution in [0.2, 0.25) is 0 Å². The second-order valence-corrected chi connectivity index (χ2v) is 6.00. The fourth-order valence-electron chi connectivity index (χ4n) is 3.27. The number of ether oxygens (including phenoxy) is 1. The lowest BCUT2D eigenvalue weighted by Crippen LogP contribution is -2.40. The van der Waals surface area contributed by atoms with Crippen molar-refractivity contribution in [2.24, 2.45) is 0 Å². The summed E-state index contributed by atoms with van der Waals surface area (Å²) >= 11 is 0. The summed E-state index contributed by atoms with van der Waals surface area (Å²) in [4.78, 5) is 4.21. The van der Waals surface area contributed by atoms with Crippen LogP contribution in [0.1, 0.15) is 35.8 Å². The van der Waals surface area contributed by atoms with Gasteiger partial charge in [0.15, 0.2) is 0 Å². The maximum Gasteiger partial charge on any atom is 0.416 e. The normalized spacial score (nSPS) is 19.0. The van der Waals surface area contributed by atoms with Gasteiger partial charge >= 0.3 is 6.18 Å². The van der Waals surface area contributed by atoms with Gasteiger partial charge in [-0.2, -0.15) is 13.2 Å². The number of hydrogen-bond donors (Lipinski definition) is 1. The first-order chi connectivity index (χ1) is 11.4. The molecule has 3 rings (SSSR count). The second-order valence-electron chi connectivity index (χ2n) is 6.00. The van der Waals surface area contributed by atoms with Crippen LogP contribution in [0.5, 0.6) is 0 Å². The molecular formula is C18H18F3NO2. The first-order valence-electron chi connectivity index (χ1n) is 7.78. The standard InChI is InChI=1S/C18H18F3NO2/c19-18(20,21)14-6-4-13(5-7-14)17(8-11-24-12-9-17)16(23)15-3-1-2-10-22-15/h1-7,10,16,23H,8-9,11-12H2. The van der Waals surface area contributed by atoms with Crippen LogP contribution in [-0.4, -0.2) is 23.3 Å². The number of halogens is 3. The highest BCUT2D eigenvalue weighted by molar-refractivity contribution is 5.34. The van der Waals surface area contributed by atoms with Gasteiger partial charge < -0.3 is 9.84 Å². The minimum absolute atomic E-state index is 0.449. The molecule has 0 amide bonds. The number of alkyl halides is 3. The third-order valence-electron chi connectivity index (χ3n) is 4.66. The Hall–Kier alpha value is -1.92. The largest absolute Gasteiger partial charge is 0.416 e. The van der Waals surface area contributed by atoms with E-state index in [1.807, 2.05) is 0 Å². The van der Waals surface area contributed by atoms with Gasteiger partial charge in [0.05, 0.1) is 11.3 Å². The Labute approximate surface area is 138 Å². The molecular weight excluding hydrogens is 319 g/mol. The summed E-state index contributed by atoms with van der Waals surface area (Å²) in [5.74, 6) is 0. The summed E-state index contributed by atoms with van der Waals surface area (Å²) in [7, 11) is 0. The van der Waals surface area contributed by atoms with Gasteiger partial charge in [0.1, 0.15) is 6.10 Å². The van der Waals surface area contributed by atoms with E-state index < -0.39 is 23.3 Å². The van der Waals surface area contributed by atoms with Gasteiger partial charge in [-0.25, -0.2) is 0 Å². The highest BCUT2D eigenvalue weighted by Crippen LogP contribution is 2.45. The first kappa shape index (κ1) is 16.9. The predicted molar refractivity (Wildman–Crippen MR) is 82.4 cm³/mol. The smallest absolute Gasteiger partial charge is 0.386 e. The van der Waals surface area contributed by atoms with E-state index >= 15 is 0 Å². The van der Waals surface area contributed by atoms with Crippen LogP contribution >= 0.6 is 0 Å².